The number of hydrogen-bond donors (Lipinski definition) is 2. The maximum absolute atomic E-state index is 9.56. The van der Waals surface area contributed by atoms with Crippen molar-refractivity contribution in [2.45, 2.75) is 37.6 Å². The second-order valence-corrected chi connectivity index (χ2v) is 4.73. The van der Waals surface area contributed by atoms with Gasteiger partial charge in [0.15, 0.2) is 0 Å². The third-order valence-electron chi connectivity index (χ3n) is 3.84. The minimum atomic E-state index is 0.417. The molecule has 1 heterocycles. The third-order valence-corrected chi connectivity index (χ3v) is 3.84. The summed E-state index contributed by atoms with van der Waals surface area (Å²) in [4.78, 5) is 0. The summed E-state index contributed by atoms with van der Waals surface area (Å²) in [5, 5.41) is 13.2. The van der Waals surface area contributed by atoms with E-state index in [-0.39, 0.29) is 0 Å². The summed E-state index contributed by atoms with van der Waals surface area (Å²) in [6.07, 6.45) is 4.94. The molecule has 2 atom stereocenters. The molecule has 1 aliphatic carbocycles. The maximum atomic E-state index is 9.56. The molecule has 0 unspecified atom stereocenters. The molecule has 0 aromatic heterocycles. The molecular weight excluding hydrogens is 186 g/mol. The number of hydrogen-bond acceptors (Lipinski definition) is 2. The normalized spacial score (nSPS) is 29.3. The molecule has 2 heteroatoms. The van der Waals surface area contributed by atoms with E-state index < -0.39 is 0 Å². The number of aryl methyl sites for hydroxylation is 1. The Morgan fingerprint density at radius 3 is 3.13 bits per heavy atom. The van der Waals surface area contributed by atoms with Gasteiger partial charge in [-0.3, -0.25) is 0 Å². The minimum absolute atomic E-state index is 0.417. The summed E-state index contributed by atoms with van der Waals surface area (Å²) < 4.78 is 0. The van der Waals surface area contributed by atoms with E-state index in [9.17, 15) is 5.11 Å². The molecule has 3 rings (SSSR count). The Kier molecular flexibility index (Phi) is 2.17. The Labute approximate surface area is 90.3 Å². The lowest BCUT2D eigenvalue weighted by molar-refractivity contribution is 0.318. The number of fused-ring (bicyclic) bond motifs is 3. The number of nitrogens with one attached hydrogen (secondary N) is 1. The molecule has 0 radical (unpaired) electrons. The lowest BCUT2D eigenvalue weighted by Gasteiger charge is -2.38. The molecule has 2 N–H and O–H groups in total. The monoisotopic (exact) mass is 203 g/mol. The zero-order chi connectivity index (χ0) is 10.3. The summed E-state index contributed by atoms with van der Waals surface area (Å²) in [5.41, 5.74) is 2.83. The molecule has 0 amide bonds. The molecule has 2 nitrogen and oxygen atoms in total. The molecule has 0 saturated carbocycles. The summed E-state index contributed by atoms with van der Waals surface area (Å²) in [6.45, 7) is 1.16. The first kappa shape index (κ1) is 9.22. The largest absolute Gasteiger partial charge is 0.508 e. The standard InChI is InChI=1S/C13H17NO/c15-10-5-3-9-4-6-13-11(12(9)8-10)2-1-7-14-13/h3,5,8,11,13-15H,1-2,4,6-7H2/t11-,13+/m0/s1. The van der Waals surface area contributed by atoms with Crippen molar-refractivity contribution in [1.29, 1.82) is 0 Å². The fraction of sp³-hybridized carbons (Fsp3) is 0.538. The topological polar surface area (TPSA) is 32.3 Å². The van der Waals surface area contributed by atoms with Gasteiger partial charge in [0.2, 0.25) is 0 Å². The number of phenols is 1. The van der Waals surface area contributed by atoms with E-state index in [2.05, 4.69) is 11.4 Å². The molecule has 1 aromatic carbocycles. The van der Waals surface area contributed by atoms with Crippen LogP contribution in [0, 0.1) is 0 Å². The van der Waals surface area contributed by atoms with Crippen LogP contribution in [-0.4, -0.2) is 17.7 Å². The fourth-order valence-electron chi connectivity index (χ4n) is 3.09. The van der Waals surface area contributed by atoms with Crippen molar-refractivity contribution in [2.75, 3.05) is 6.54 Å². The van der Waals surface area contributed by atoms with Gasteiger partial charge in [-0.05, 0) is 61.4 Å². The maximum Gasteiger partial charge on any atom is 0.115 e. The van der Waals surface area contributed by atoms with Crippen LogP contribution in [0.2, 0.25) is 0 Å². The van der Waals surface area contributed by atoms with Gasteiger partial charge in [0.1, 0.15) is 5.75 Å². The Balaban J connectivity index is 2.01. The van der Waals surface area contributed by atoms with E-state index in [1.165, 1.54) is 30.4 Å². The second kappa shape index (κ2) is 3.53. The van der Waals surface area contributed by atoms with Crippen LogP contribution in [0.1, 0.15) is 36.3 Å². The van der Waals surface area contributed by atoms with E-state index in [4.69, 9.17) is 0 Å². The average Bonchev–Trinajstić information content (AvgIpc) is 2.29. The smallest absolute Gasteiger partial charge is 0.115 e. The summed E-state index contributed by atoms with van der Waals surface area (Å²) in [7, 11) is 0. The highest BCUT2D eigenvalue weighted by Crippen LogP contribution is 2.38. The van der Waals surface area contributed by atoms with Crippen molar-refractivity contribution >= 4 is 0 Å². The summed E-state index contributed by atoms with van der Waals surface area (Å²) in [6, 6.07) is 6.53. The number of benzene rings is 1. The predicted molar refractivity (Wildman–Crippen MR) is 60.2 cm³/mol. The Morgan fingerprint density at radius 1 is 1.27 bits per heavy atom. The van der Waals surface area contributed by atoms with Crippen molar-refractivity contribution < 1.29 is 5.11 Å². The minimum Gasteiger partial charge on any atom is -0.508 e. The lowest BCUT2D eigenvalue weighted by atomic mass is 9.75. The zero-order valence-corrected chi connectivity index (χ0v) is 8.87. The van der Waals surface area contributed by atoms with Gasteiger partial charge in [-0.25, -0.2) is 0 Å². The highest BCUT2D eigenvalue weighted by Gasteiger charge is 2.31. The highest BCUT2D eigenvalue weighted by molar-refractivity contribution is 5.40. The van der Waals surface area contributed by atoms with Gasteiger partial charge in [-0.15, -0.1) is 0 Å². The molecule has 15 heavy (non-hydrogen) atoms. The van der Waals surface area contributed by atoms with Gasteiger partial charge < -0.3 is 10.4 Å². The van der Waals surface area contributed by atoms with Gasteiger partial charge in [0, 0.05) is 6.04 Å². The van der Waals surface area contributed by atoms with E-state index in [0.717, 1.165) is 13.0 Å². The number of rotatable bonds is 0. The molecule has 80 valence electrons. The van der Waals surface area contributed by atoms with Gasteiger partial charge in [-0.2, -0.15) is 0 Å². The van der Waals surface area contributed by atoms with Crippen LogP contribution in [0.3, 0.4) is 0 Å². The van der Waals surface area contributed by atoms with E-state index in [1.807, 2.05) is 12.1 Å². The third kappa shape index (κ3) is 1.53. The zero-order valence-electron chi connectivity index (χ0n) is 8.87. The van der Waals surface area contributed by atoms with Gasteiger partial charge in [0.25, 0.3) is 0 Å². The predicted octanol–water partition coefficient (Wildman–Crippen LogP) is 2.17. The molecule has 1 saturated heterocycles. The van der Waals surface area contributed by atoms with Crippen LogP contribution in [-0.2, 0) is 6.42 Å². The second-order valence-electron chi connectivity index (χ2n) is 4.73. The SMILES string of the molecule is Oc1ccc2c(c1)[C@@H]1CCCN[C@@H]1CC2. The Bertz CT molecular complexity index is 375. The van der Waals surface area contributed by atoms with Crippen molar-refractivity contribution in [3.63, 3.8) is 0 Å². The van der Waals surface area contributed by atoms with Crippen molar-refractivity contribution in [3.8, 4) is 5.75 Å². The van der Waals surface area contributed by atoms with Crippen molar-refractivity contribution in [1.82, 2.24) is 5.32 Å². The van der Waals surface area contributed by atoms with Crippen LogP contribution in [0.25, 0.3) is 0 Å². The first-order valence-corrected chi connectivity index (χ1v) is 5.90. The van der Waals surface area contributed by atoms with E-state index in [0.29, 0.717) is 17.7 Å². The molecule has 1 aromatic rings. The van der Waals surface area contributed by atoms with Gasteiger partial charge in [-0.1, -0.05) is 6.07 Å². The molecule has 0 bridgehead atoms. The molecular formula is C13H17NO. The van der Waals surface area contributed by atoms with Crippen molar-refractivity contribution in [2.24, 2.45) is 0 Å². The fourth-order valence-corrected chi connectivity index (χ4v) is 3.09. The molecule has 1 fully saturated rings. The molecule has 1 aliphatic heterocycles. The lowest BCUT2D eigenvalue weighted by Crippen LogP contribution is -2.42. The summed E-state index contributed by atoms with van der Waals surface area (Å²) >= 11 is 0. The summed E-state index contributed by atoms with van der Waals surface area (Å²) in [5.74, 6) is 1.05. The van der Waals surface area contributed by atoms with Crippen LogP contribution < -0.4 is 5.32 Å². The van der Waals surface area contributed by atoms with Gasteiger partial charge >= 0.3 is 0 Å². The van der Waals surface area contributed by atoms with Crippen molar-refractivity contribution in [3.05, 3.63) is 29.3 Å². The van der Waals surface area contributed by atoms with Gasteiger partial charge in [0.05, 0.1) is 0 Å². The number of aromatic hydroxyl groups is 1. The highest BCUT2D eigenvalue weighted by atomic mass is 16.3. The first-order chi connectivity index (χ1) is 7.34. The van der Waals surface area contributed by atoms with Crippen LogP contribution >= 0.6 is 0 Å². The first-order valence-electron chi connectivity index (χ1n) is 5.90. The van der Waals surface area contributed by atoms with Crippen LogP contribution in [0.4, 0.5) is 0 Å². The quantitative estimate of drug-likeness (QED) is 0.677. The molecule has 2 aliphatic rings. The average molecular weight is 203 g/mol. The number of piperidine rings is 1. The van der Waals surface area contributed by atoms with Crippen LogP contribution in [0.15, 0.2) is 18.2 Å². The Hall–Kier alpha value is -1.02. The van der Waals surface area contributed by atoms with Crippen LogP contribution in [0.5, 0.6) is 5.75 Å². The number of phenolic OH excluding ortho intramolecular Hbond substituents is 1. The van der Waals surface area contributed by atoms with E-state index >= 15 is 0 Å². The van der Waals surface area contributed by atoms with E-state index in [1.54, 1.807) is 0 Å². The molecule has 0 spiro atoms. The Morgan fingerprint density at radius 2 is 2.20 bits per heavy atom.